The number of piperazine rings is 1. The summed E-state index contributed by atoms with van der Waals surface area (Å²) in [7, 11) is 0. The molecule has 1 amide bonds. The average molecular weight is 289 g/mol. The van der Waals surface area contributed by atoms with Crippen LogP contribution in [0.5, 0.6) is 0 Å². The van der Waals surface area contributed by atoms with Crippen LogP contribution in [0.1, 0.15) is 38.1 Å². The second kappa shape index (κ2) is 6.48. The first-order valence-corrected chi connectivity index (χ1v) is 7.80. The lowest BCUT2D eigenvalue weighted by Crippen LogP contribution is -2.54. The molecule has 1 saturated heterocycles. The Balaban J connectivity index is 1.95. The fourth-order valence-electron chi connectivity index (χ4n) is 2.70. The normalized spacial score (nSPS) is 16.9. The Labute approximate surface area is 128 Å². The van der Waals surface area contributed by atoms with E-state index in [1.54, 1.807) is 0 Å². The lowest BCUT2D eigenvalue weighted by atomic mass is 10.0. The van der Waals surface area contributed by atoms with Gasteiger partial charge in [-0.2, -0.15) is 0 Å². The average Bonchev–Trinajstić information content (AvgIpc) is 2.47. The molecule has 116 valence electrons. The van der Waals surface area contributed by atoms with E-state index in [1.807, 2.05) is 29.2 Å². The third-order valence-corrected chi connectivity index (χ3v) is 4.03. The van der Waals surface area contributed by atoms with E-state index in [4.69, 9.17) is 0 Å². The lowest BCUT2D eigenvalue weighted by molar-refractivity contribution is 0.0451. The summed E-state index contributed by atoms with van der Waals surface area (Å²) in [6.45, 7) is 13.2. The van der Waals surface area contributed by atoms with Crippen molar-refractivity contribution in [2.24, 2.45) is 0 Å². The predicted molar refractivity (Wildman–Crippen MR) is 87.8 cm³/mol. The Morgan fingerprint density at radius 1 is 1.10 bits per heavy atom. The van der Waals surface area contributed by atoms with Crippen LogP contribution in [0.3, 0.4) is 0 Å². The van der Waals surface area contributed by atoms with Gasteiger partial charge in [0.25, 0.3) is 5.91 Å². The Morgan fingerprint density at radius 3 is 2.14 bits per heavy atom. The summed E-state index contributed by atoms with van der Waals surface area (Å²) < 4.78 is 0. The largest absolute Gasteiger partial charge is 0.385 e. The third-order valence-electron chi connectivity index (χ3n) is 4.03. The van der Waals surface area contributed by atoms with Crippen LogP contribution < -0.4 is 5.32 Å². The van der Waals surface area contributed by atoms with E-state index in [1.165, 1.54) is 0 Å². The molecule has 4 heteroatoms. The quantitative estimate of drug-likeness (QED) is 0.929. The molecule has 0 radical (unpaired) electrons. The van der Waals surface area contributed by atoms with E-state index in [-0.39, 0.29) is 11.4 Å². The third kappa shape index (κ3) is 3.97. The van der Waals surface area contributed by atoms with Gasteiger partial charge in [-0.1, -0.05) is 0 Å². The maximum atomic E-state index is 12.5. The zero-order valence-corrected chi connectivity index (χ0v) is 13.6. The minimum Gasteiger partial charge on any atom is -0.385 e. The number of nitrogens with zero attached hydrogens (tertiary/aromatic N) is 2. The maximum Gasteiger partial charge on any atom is 0.253 e. The Kier molecular flexibility index (Phi) is 4.88. The van der Waals surface area contributed by atoms with E-state index in [9.17, 15) is 4.79 Å². The van der Waals surface area contributed by atoms with Crippen molar-refractivity contribution in [3.8, 4) is 0 Å². The second-order valence-corrected chi connectivity index (χ2v) is 6.56. The van der Waals surface area contributed by atoms with Crippen molar-refractivity contribution >= 4 is 11.6 Å². The first kappa shape index (κ1) is 15.8. The zero-order valence-electron chi connectivity index (χ0n) is 13.6. The van der Waals surface area contributed by atoms with Crippen molar-refractivity contribution in [3.05, 3.63) is 29.8 Å². The standard InChI is InChI=1S/C17H27N3O/c1-5-18-15-8-6-14(7-9-15)16(21)19-10-12-20(13-11-19)17(2,3)4/h6-9,18H,5,10-13H2,1-4H3. The van der Waals surface area contributed by atoms with Gasteiger partial charge < -0.3 is 10.2 Å². The van der Waals surface area contributed by atoms with Crippen molar-refractivity contribution in [1.82, 2.24) is 9.80 Å². The molecule has 2 rings (SSSR count). The van der Waals surface area contributed by atoms with E-state index >= 15 is 0 Å². The number of benzene rings is 1. The summed E-state index contributed by atoms with van der Waals surface area (Å²) in [5, 5.41) is 3.24. The Morgan fingerprint density at radius 2 is 1.67 bits per heavy atom. The summed E-state index contributed by atoms with van der Waals surface area (Å²) in [6, 6.07) is 7.77. The van der Waals surface area contributed by atoms with Gasteiger partial charge >= 0.3 is 0 Å². The van der Waals surface area contributed by atoms with Crippen LogP contribution in [0, 0.1) is 0 Å². The fourth-order valence-corrected chi connectivity index (χ4v) is 2.70. The molecule has 4 nitrogen and oxygen atoms in total. The van der Waals surface area contributed by atoms with Crippen LogP contribution >= 0.6 is 0 Å². The van der Waals surface area contributed by atoms with Gasteiger partial charge in [0, 0.05) is 49.5 Å². The monoisotopic (exact) mass is 289 g/mol. The van der Waals surface area contributed by atoms with Gasteiger partial charge in [-0.25, -0.2) is 0 Å². The van der Waals surface area contributed by atoms with Crippen molar-refractivity contribution < 1.29 is 4.79 Å². The molecule has 0 unspecified atom stereocenters. The molecule has 1 aromatic carbocycles. The molecule has 1 aromatic rings. The first-order valence-electron chi connectivity index (χ1n) is 7.80. The molecular formula is C17H27N3O. The topological polar surface area (TPSA) is 35.6 Å². The van der Waals surface area contributed by atoms with Crippen LogP contribution in [0.25, 0.3) is 0 Å². The van der Waals surface area contributed by atoms with Gasteiger partial charge in [0.2, 0.25) is 0 Å². The molecule has 1 aliphatic heterocycles. The highest BCUT2D eigenvalue weighted by atomic mass is 16.2. The number of anilines is 1. The first-order chi connectivity index (χ1) is 9.91. The molecule has 21 heavy (non-hydrogen) atoms. The van der Waals surface area contributed by atoms with Crippen molar-refractivity contribution in [1.29, 1.82) is 0 Å². The number of hydrogen-bond donors (Lipinski definition) is 1. The summed E-state index contributed by atoms with van der Waals surface area (Å²) in [5.74, 6) is 0.145. The van der Waals surface area contributed by atoms with Gasteiger partial charge in [-0.05, 0) is 52.0 Å². The molecule has 0 aliphatic carbocycles. The number of nitrogens with one attached hydrogen (secondary N) is 1. The molecule has 0 bridgehead atoms. The van der Waals surface area contributed by atoms with Gasteiger partial charge in [0.15, 0.2) is 0 Å². The number of carbonyl (C=O) groups is 1. The van der Waals surface area contributed by atoms with E-state index in [2.05, 4.69) is 37.9 Å². The van der Waals surface area contributed by atoms with Gasteiger partial charge in [0.05, 0.1) is 0 Å². The molecule has 1 aliphatic rings. The number of carbonyl (C=O) groups excluding carboxylic acids is 1. The molecule has 0 atom stereocenters. The Hall–Kier alpha value is -1.55. The lowest BCUT2D eigenvalue weighted by Gasteiger charge is -2.42. The van der Waals surface area contributed by atoms with Crippen LogP contribution in [-0.4, -0.2) is 54.0 Å². The molecule has 0 spiro atoms. The maximum absolute atomic E-state index is 12.5. The highest BCUT2D eigenvalue weighted by Gasteiger charge is 2.28. The predicted octanol–water partition coefficient (Wildman–Crippen LogP) is 2.67. The molecule has 1 heterocycles. The number of rotatable bonds is 3. The molecule has 1 fully saturated rings. The van der Waals surface area contributed by atoms with Gasteiger partial charge in [-0.3, -0.25) is 9.69 Å². The molecule has 1 N–H and O–H groups in total. The van der Waals surface area contributed by atoms with E-state index < -0.39 is 0 Å². The van der Waals surface area contributed by atoms with Crippen LogP contribution in [0.4, 0.5) is 5.69 Å². The van der Waals surface area contributed by atoms with Crippen LogP contribution in [0.15, 0.2) is 24.3 Å². The summed E-state index contributed by atoms with van der Waals surface area (Å²) >= 11 is 0. The van der Waals surface area contributed by atoms with Crippen molar-refractivity contribution in [2.75, 3.05) is 38.0 Å². The van der Waals surface area contributed by atoms with E-state index in [0.29, 0.717) is 0 Å². The van der Waals surface area contributed by atoms with Crippen molar-refractivity contribution in [3.63, 3.8) is 0 Å². The SMILES string of the molecule is CCNc1ccc(C(=O)N2CCN(C(C)(C)C)CC2)cc1. The van der Waals surface area contributed by atoms with E-state index in [0.717, 1.165) is 44.0 Å². The summed E-state index contributed by atoms with van der Waals surface area (Å²) in [4.78, 5) is 16.9. The Bertz CT molecular complexity index is 468. The summed E-state index contributed by atoms with van der Waals surface area (Å²) in [6.07, 6.45) is 0. The fraction of sp³-hybridized carbons (Fsp3) is 0.588. The van der Waals surface area contributed by atoms with Crippen LogP contribution in [0.2, 0.25) is 0 Å². The molecule has 0 saturated carbocycles. The van der Waals surface area contributed by atoms with Gasteiger partial charge in [-0.15, -0.1) is 0 Å². The molecule has 0 aromatic heterocycles. The van der Waals surface area contributed by atoms with Crippen LogP contribution in [-0.2, 0) is 0 Å². The summed E-state index contributed by atoms with van der Waals surface area (Å²) in [5.41, 5.74) is 2.02. The van der Waals surface area contributed by atoms with Gasteiger partial charge in [0.1, 0.15) is 0 Å². The highest BCUT2D eigenvalue weighted by molar-refractivity contribution is 5.94. The minimum atomic E-state index is 0.145. The number of amides is 1. The number of hydrogen-bond acceptors (Lipinski definition) is 3. The molecular weight excluding hydrogens is 262 g/mol. The smallest absolute Gasteiger partial charge is 0.253 e. The zero-order chi connectivity index (χ0) is 15.5. The minimum absolute atomic E-state index is 0.145. The second-order valence-electron chi connectivity index (χ2n) is 6.56. The van der Waals surface area contributed by atoms with Crippen molar-refractivity contribution in [2.45, 2.75) is 33.2 Å². The highest BCUT2D eigenvalue weighted by Crippen LogP contribution is 2.18.